The molecule has 0 fully saturated rings. The maximum Gasteiger partial charge on any atom is 0.305 e. The highest BCUT2D eigenvalue weighted by molar-refractivity contribution is 5.76. The molecule has 0 bridgehead atoms. The summed E-state index contributed by atoms with van der Waals surface area (Å²) in [6.45, 7) is 4.97. The van der Waals surface area contributed by atoms with Gasteiger partial charge in [-0.3, -0.25) is 9.59 Å². The Balaban J connectivity index is 3.41. The van der Waals surface area contributed by atoms with Gasteiger partial charge in [-0.25, -0.2) is 0 Å². The Morgan fingerprint density at radius 1 is 0.355 bits per heavy atom. The lowest BCUT2D eigenvalue weighted by Crippen LogP contribution is -2.45. The summed E-state index contributed by atoms with van der Waals surface area (Å²) in [5.41, 5.74) is 0. The highest BCUT2D eigenvalue weighted by Gasteiger charge is 2.20. The predicted molar refractivity (Wildman–Crippen MR) is 333 cm³/mol. The molecule has 0 saturated heterocycles. The highest BCUT2D eigenvalue weighted by atomic mass is 16.5. The van der Waals surface area contributed by atoms with Crippen molar-refractivity contribution < 1.29 is 24.5 Å². The van der Waals surface area contributed by atoms with E-state index >= 15 is 0 Å². The van der Waals surface area contributed by atoms with E-state index in [0.29, 0.717) is 25.9 Å². The summed E-state index contributed by atoms with van der Waals surface area (Å²) < 4.78 is 5.49. The minimum absolute atomic E-state index is 0.00292. The summed E-state index contributed by atoms with van der Waals surface area (Å²) in [4.78, 5) is 24.6. The molecule has 2 atom stereocenters. The number of nitrogens with one attached hydrogen (secondary N) is 1. The van der Waals surface area contributed by atoms with E-state index in [2.05, 4.69) is 43.5 Å². The van der Waals surface area contributed by atoms with Crippen molar-refractivity contribution in [2.75, 3.05) is 13.2 Å². The fraction of sp³-hybridized carbons (Fsp3) is 0.914. The predicted octanol–water partition coefficient (Wildman–Crippen LogP) is 22.1. The molecule has 0 aromatic rings. The molecule has 0 aromatic carbocycles. The van der Waals surface area contributed by atoms with Gasteiger partial charge in [-0.05, 0) is 77.0 Å². The quantitative estimate of drug-likeness (QED) is 0.0320. The second-order valence-corrected chi connectivity index (χ2v) is 23.9. The number of amides is 1. The SMILES string of the molecule is CCCCCCCC/C=C\CCCCCCCC(=O)OCCCCCCCCCCCCC/C=C\CCCCCCCCCC(=O)NC(CO)C(O)CCCCCCCCCCCCCCCCCCCCCCCC. The Kier molecular flexibility index (Phi) is 64.4. The molecule has 6 heteroatoms. The van der Waals surface area contributed by atoms with E-state index in [9.17, 15) is 19.8 Å². The molecule has 6 nitrogen and oxygen atoms in total. The minimum atomic E-state index is -0.670. The van der Waals surface area contributed by atoms with E-state index in [4.69, 9.17) is 4.74 Å². The van der Waals surface area contributed by atoms with Crippen LogP contribution in [0.5, 0.6) is 0 Å². The van der Waals surface area contributed by atoms with Crippen LogP contribution < -0.4 is 5.32 Å². The van der Waals surface area contributed by atoms with Crippen molar-refractivity contribution in [2.24, 2.45) is 0 Å². The number of carbonyl (C=O) groups excluding carboxylic acids is 2. The van der Waals surface area contributed by atoms with Crippen molar-refractivity contribution in [3.8, 4) is 0 Å². The number of allylic oxidation sites excluding steroid dienone is 4. The molecule has 76 heavy (non-hydrogen) atoms. The largest absolute Gasteiger partial charge is 0.466 e. The molecule has 2 unspecified atom stereocenters. The van der Waals surface area contributed by atoms with Crippen LogP contribution in [-0.4, -0.2) is 47.4 Å². The van der Waals surface area contributed by atoms with Crippen molar-refractivity contribution in [3.05, 3.63) is 24.3 Å². The Morgan fingerprint density at radius 2 is 0.618 bits per heavy atom. The van der Waals surface area contributed by atoms with Crippen molar-refractivity contribution >= 4 is 11.9 Å². The zero-order valence-electron chi connectivity index (χ0n) is 51.5. The van der Waals surface area contributed by atoms with Gasteiger partial charge in [0.1, 0.15) is 0 Å². The van der Waals surface area contributed by atoms with Crippen LogP contribution in [0.4, 0.5) is 0 Å². The standard InChI is InChI=1S/C70H135NO5/c1-3-5-7-9-11-13-15-17-19-20-21-22-25-28-31-35-38-42-46-50-54-58-62-68(73)67(66-72)71-69(74)63-59-55-51-47-43-39-36-32-29-26-23-24-27-30-33-37-41-45-49-53-57-61-65-76-70(75)64-60-56-52-48-44-40-34-18-16-14-12-10-8-6-4-2/h18,26,29,34,67-68,72-73H,3-17,19-25,27-28,30-33,35-66H2,1-2H3,(H,71,74)/b29-26-,34-18-. The topological polar surface area (TPSA) is 95.9 Å². The fourth-order valence-corrected chi connectivity index (χ4v) is 10.9. The third-order valence-corrected chi connectivity index (χ3v) is 16.2. The molecule has 0 heterocycles. The minimum Gasteiger partial charge on any atom is -0.466 e. The lowest BCUT2D eigenvalue weighted by molar-refractivity contribution is -0.143. The van der Waals surface area contributed by atoms with E-state index in [1.807, 2.05) is 0 Å². The van der Waals surface area contributed by atoms with Crippen LogP contribution in [0.15, 0.2) is 24.3 Å². The Bertz CT molecular complexity index is 1190. The summed E-state index contributed by atoms with van der Waals surface area (Å²) in [7, 11) is 0. The van der Waals surface area contributed by atoms with E-state index in [1.165, 1.54) is 308 Å². The molecule has 0 saturated carbocycles. The molecular weight excluding hydrogens is 935 g/mol. The Morgan fingerprint density at radius 3 is 0.934 bits per heavy atom. The summed E-state index contributed by atoms with van der Waals surface area (Å²) in [6.07, 6.45) is 82.1. The van der Waals surface area contributed by atoms with Gasteiger partial charge in [-0.15, -0.1) is 0 Å². The van der Waals surface area contributed by atoms with Gasteiger partial charge < -0.3 is 20.3 Å². The van der Waals surface area contributed by atoms with Crippen LogP contribution in [0.25, 0.3) is 0 Å². The molecule has 0 aliphatic heterocycles. The van der Waals surface area contributed by atoms with Crippen molar-refractivity contribution in [3.63, 3.8) is 0 Å². The van der Waals surface area contributed by atoms with Gasteiger partial charge in [0.05, 0.1) is 25.4 Å². The number of carbonyl (C=O) groups is 2. The Hall–Kier alpha value is -1.66. The normalized spacial score (nSPS) is 12.6. The van der Waals surface area contributed by atoms with Gasteiger partial charge in [-0.2, -0.15) is 0 Å². The number of aliphatic hydroxyl groups is 2. The first kappa shape index (κ1) is 74.3. The number of rotatable bonds is 65. The smallest absolute Gasteiger partial charge is 0.305 e. The first-order chi connectivity index (χ1) is 37.5. The van der Waals surface area contributed by atoms with Gasteiger partial charge in [0.2, 0.25) is 5.91 Å². The lowest BCUT2D eigenvalue weighted by Gasteiger charge is -2.22. The van der Waals surface area contributed by atoms with Gasteiger partial charge >= 0.3 is 5.97 Å². The van der Waals surface area contributed by atoms with Gasteiger partial charge in [-0.1, -0.05) is 321 Å². The van der Waals surface area contributed by atoms with Crippen LogP contribution in [0.2, 0.25) is 0 Å². The zero-order chi connectivity index (χ0) is 55.0. The average molecular weight is 1070 g/mol. The van der Waals surface area contributed by atoms with Crippen LogP contribution in [0, 0.1) is 0 Å². The number of hydrogen-bond acceptors (Lipinski definition) is 5. The first-order valence-corrected chi connectivity index (χ1v) is 34.6. The zero-order valence-corrected chi connectivity index (χ0v) is 51.5. The number of esters is 1. The van der Waals surface area contributed by atoms with Crippen LogP contribution >= 0.6 is 0 Å². The van der Waals surface area contributed by atoms with Crippen LogP contribution in [-0.2, 0) is 14.3 Å². The lowest BCUT2D eigenvalue weighted by atomic mass is 10.0. The number of ether oxygens (including phenoxy) is 1. The molecule has 450 valence electrons. The summed E-state index contributed by atoms with van der Waals surface area (Å²) in [5.74, 6) is -0.0350. The first-order valence-electron chi connectivity index (χ1n) is 34.6. The van der Waals surface area contributed by atoms with E-state index in [1.54, 1.807) is 0 Å². The number of hydrogen-bond donors (Lipinski definition) is 3. The third-order valence-electron chi connectivity index (χ3n) is 16.2. The summed E-state index contributed by atoms with van der Waals surface area (Å²) in [5, 5.41) is 23.4. The molecule has 0 spiro atoms. The van der Waals surface area contributed by atoms with E-state index in [0.717, 1.165) is 44.9 Å². The van der Waals surface area contributed by atoms with Crippen molar-refractivity contribution in [1.29, 1.82) is 0 Å². The molecule has 0 aliphatic carbocycles. The summed E-state index contributed by atoms with van der Waals surface area (Å²) >= 11 is 0. The molecule has 0 rings (SSSR count). The summed E-state index contributed by atoms with van der Waals surface area (Å²) in [6, 6.07) is -0.548. The fourth-order valence-electron chi connectivity index (χ4n) is 10.9. The number of unbranched alkanes of at least 4 members (excludes halogenated alkanes) is 50. The van der Waals surface area contributed by atoms with Gasteiger partial charge in [0.15, 0.2) is 0 Å². The highest BCUT2D eigenvalue weighted by Crippen LogP contribution is 2.18. The third kappa shape index (κ3) is 61.6. The number of aliphatic hydroxyl groups excluding tert-OH is 2. The van der Waals surface area contributed by atoms with E-state index < -0.39 is 12.1 Å². The molecule has 0 radical (unpaired) electrons. The maximum atomic E-state index is 12.5. The molecule has 0 aromatic heterocycles. The average Bonchev–Trinajstić information content (AvgIpc) is 3.42. The molecular formula is C70H135NO5. The van der Waals surface area contributed by atoms with Crippen LogP contribution in [0.1, 0.15) is 386 Å². The van der Waals surface area contributed by atoms with Gasteiger partial charge in [0.25, 0.3) is 0 Å². The second kappa shape index (κ2) is 65.9. The van der Waals surface area contributed by atoms with Crippen molar-refractivity contribution in [1.82, 2.24) is 5.32 Å². The second-order valence-electron chi connectivity index (χ2n) is 23.9. The van der Waals surface area contributed by atoms with Crippen LogP contribution in [0.3, 0.4) is 0 Å². The monoisotopic (exact) mass is 1070 g/mol. The maximum absolute atomic E-state index is 12.5. The van der Waals surface area contributed by atoms with Gasteiger partial charge in [0, 0.05) is 12.8 Å². The molecule has 1 amide bonds. The Labute approximate surface area is 475 Å². The van der Waals surface area contributed by atoms with Crippen molar-refractivity contribution in [2.45, 2.75) is 398 Å². The van der Waals surface area contributed by atoms with E-state index in [-0.39, 0.29) is 18.5 Å². The molecule has 0 aliphatic rings. The molecule has 3 N–H and O–H groups in total.